The zero-order valence-electron chi connectivity index (χ0n) is 17.1. The average Bonchev–Trinajstić information content (AvgIpc) is 2.59. The lowest BCUT2D eigenvalue weighted by atomic mass is 9.85. The highest BCUT2D eigenvalue weighted by Gasteiger charge is 2.43. The maximum atomic E-state index is 13.1. The fourth-order valence-corrected chi connectivity index (χ4v) is 5.28. The first-order valence-electron chi connectivity index (χ1n) is 9.69. The summed E-state index contributed by atoms with van der Waals surface area (Å²) >= 11 is 0. The van der Waals surface area contributed by atoms with Crippen molar-refractivity contribution in [3.63, 3.8) is 0 Å². The van der Waals surface area contributed by atoms with E-state index in [0.717, 1.165) is 42.9 Å². The van der Waals surface area contributed by atoms with Crippen molar-refractivity contribution in [2.75, 3.05) is 26.2 Å². The van der Waals surface area contributed by atoms with Crippen LogP contribution in [-0.2, 0) is 10.0 Å². The number of aryl methyl sites for hydroxylation is 2. The molecule has 6 nitrogen and oxygen atoms in total. The molecule has 0 amide bonds. The van der Waals surface area contributed by atoms with Gasteiger partial charge in [0.2, 0.25) is 10.0 Å². The maximum Gasteiger partial charge on any atom is 0.243 e. The van der Waals surface area contributed by atoms with E-state index in [2.05, 4.69) is 31.4 Å². The van der Waals surface area contributed by atoms with E-state index in [1.807, 2.05) is 19.9 Å². The SMILES string of the molecule is Cc1ccc(S(=O)(=O)N2CCC3(CC2)NCCN=C3NC(C)(C)C)cc1C. The number of hydrogen-bond acceptors (Lipinski definition) is 5. The molecule has 0 unspecified atom stereocenters. The Morgan fingerprint density at radius 3 is 2.41 bits per heavy atom. The minimum Gasteiger partial charge on any atom is -0.368 e. The number of rotatable bonds is 2. The number of piperidine rings is 1. The Kier molecular flexibility index (Phi) is 5.40. The predicted octanol–water partition coefficient (Wildman–Crippen LogP) is 2.22. The van der Waals surface area contributed by atoms with Gasteiger partial charge in [-0.05, 0) is 70.7 Å². The van der Waals surface area contributed by atoms with Crippen LogP contribution in [0.3, 0.4) is 0 Å². The van der Waals surface area contributed by atoms with E-state index in [1.165, 1.54) is 0 Å². The Bertz CT molecular complexity index is 832. The maximum absolute atomic E-state index is 13.1. The van der Waals surface area contributed by atoms with E-state index in [9.17, 15) is 8.42 Å². The highest BCUT2D eigenvalue weighted by molar-refractivity contribution is 7.89. The molecule has 2 aliphatic rings. The number of aliphatic imine (C=N–C) groups is 1. The molecule has 1 aromatic carbocycles. The van der Waals surface area contributed by atoms with Gasteiger partial charge in [0, 0.05) is 25.2 Å². The second-order valence-corrected chi connectivity index (χ2v) is 10.7. The summed E-state index contributed by atoms with van der Waals surface area (Å²) < 4.78 is 27.8. The van der Waals surface area contributed by atoms with Crippen molar-refractivity contribution >= 4 is 15.9 Å². The third-order valence-corrected chi connectivity index (χ3v) is 7.38. The number of benzene rings is 1. The molecular weight excluding hydrogens is 360 g/mol. The summed E-state index contributed by atoms with van der Waals surface area (Å²) in [5.74, 6) is 0.976. The smallest absolute Gasteiger partial charge is 0.243 e. The second-order valence-electron chi connectivity index (χ2n) is 8.76. The average molecular weight is 393 g/mol. The largest absolute Gasteiger partial charge is 0.368 e. The van der Waals surface area contributed by atoms with Crippen molar-refractivity contribution in [3.05, 3.63) is 29.3 Å². The Morgan fingerprint density at radius 1 is 1.15 bits per heavy atom. The molecule has 7 heteroatoms. The van der Waals surface area contributed by atoms with Gasteiger partial charge < -0.3 is 10.6 Å². The summed E-state index contributed by atoms with van der Waals surface area (Å²) in [5.41, 5.74) is 1.78. The lowest BCUT2D eigenvalue weighted by molar-refractivity contribution is 0.238. The molecule has 150 valence electrons. The summed E-state index contributed by atoms with van der Waals surface area (Å²) in [7, 11) is -3.46. The fourth-order valence-electron chi connectivity index (χ4n) is 3.76. The van der Waals surface area contributed by atoms with Crippen LogP contribution in [0.1, 0.15) is 44.7 Å². The molecule has 1 aromatic rings. The number of hydrogen-bond donors (Lipinski definition) is 2. The van der Waals surface area contributed by atoms with Crippen molar-refractivity contribution in [2.45, 2.75) is 63.4 Å². The molecule has 2 aliphatic heterocycles. The Morgan fingerprint density at radius 2 is 1.81 bits per heavy atom. The van der Waals surface area contributed by atoms with E-state index < -0.39 is 10.0 Å². The van der Waals surface area contributed by atoms with Crippen molar-refractivity contribution in [3.8, 4) is 0 Å². The first kappa shape index (κ1) is 20.3. The molecular formula is C20H32N4O2S. The summed E-state index contributed by atoms with van der Waals surface area (Å²) in [6, 6.07) is 5.38. The highest BCUT2D eigenvalue weighted by Crippen LogP contribution is 2.30. The molecule has 1 spiro atoms. The van der Waals surface area contributed by atoms with Crippen LogP contribution in [0, 0.1) is 13.8 Å². The minimum atomic E-state index is -3.46. The normalized spacial score (nSPS) is 21.1. The van der Waals surface area contributed by atoms with Crippen LogP contribution in [0.4, 0.5) is 0 Å². The van der Waals surface area contributed by atoms with Gasteiger partial charge in [0.15, 0.2) is 0 Å². The van der Waals surface area contributed by atoms with Gasteiger partial charge in [-0.3, -0.25) is 4.99 Å². The zero-order chi connectivity index (χ0) is 19.9. The number of amidine groups is 1. The third kappa shape index (κ3) is 4.20. The number of sulfonamides is 1. The first-order valence-corrected chi connectivity index (χ1v) is 11.1. The van der Waals surface area contributed by atoms with E-state index in [0.29, 0.717) is 18.0 Å². The molecule has 1 fully saturated rings. The minimum absolute atomic E-state index is 0.0759. The van der Waals surface area contributed by atoms with E-state index in [4.69, 9.17) is 4.99 Å². The van der Waals surface area contributed by atoms with Crippen LogP contribution in [0.15, 0.2) is 28.1 Å². The number of nitrogens with one attached hydrogen (secondary N) is 2. The molecule has 0 aromatic heterocycles. The molecule has 0 radical (unpaired) electrons. The summed E-state index contributed by atoms with van der Waals surface area (Å²) in [6.07, 6.45) is 1.44. The molecule has 0 atom stereocenters. The fraction of sp³-hybridized carbons (Fsp3) is 0.650. The van der Waals surface area contributed by atoms with E-state index in [-0.39, 0.29) is 11.1 Å². The van der Waals surface area contributed by atoms with Crippen molar-refractivity contribution in [1.82, 2.24) is 14.9 Å². The quantitative estimate of drug-likeness (QED) is 0.809. The van der Waals surface area contributed by atoms with Gasteiger partial charge in [-0.2, -0.15) is 4.31 Å². The van der Waals surface area contributed by atoms with Gasteiger partial charge in [-0.15, -0.1) is 0 Å². The van der Waals surface area contributed by atoms with Crippen LogP contribution in [-0.4, -0.2) is 55.8 Å². The van der Waals surface area contributed by atoms with E-state index in [1.54, 1.807) is 16.4 Å². The predicted molar refractivity (Wildman–Crippen MR) is 110 cm³/mol. The van der Waals surface area contributed by atoms with Gasteiger partial charge in [0.25, 0.3) is 0 Å². The van der Waals surface area contributed by atoms with Gasteiger partial charge in [0.1, 0.15) is 5.84 Å². The lowest BCUT2D eigenvalue weighted by Gasteiger charge is -2.46. The van der Waals surface area contributed by atoms with Gasteiger partial charge in [-0.1, -0.05) is 6.07 Å². The first-order chi connectivity index (χ1) is 12.5. The number of nitrogens with zero attached hydrogens (tertiary/aromatic N) is 2. The molecule has 0 aliphatic carbocycles. The Balaban J connectivity index is 1.78. The van der Waals surface area contributed by atoms with Crippen LogP contribution in [0.5, 0.6) is 0 Å². The van der Waals surface area contributed by atoms with Gasteiger partial charge in [-0.25, -0.2) is 8.42 Å². The van der Waals surface area contributed by atoms with Crippen LogP contribution in [0.2, 0.25) is 0 Å². The molecule has 2 heterocycles. The zero-order valence-corrected chi connectivity index (χ0v) is 17.9. The highest BCUT2D eigenvalue weighted by atomic mass is 32.2. The summed E-state index contributed by atoms with van der Waals surface area (Å²) in [4.78, 5) is 5.12. The Hall–Kier alpha value is -1.44. The standard InChI is InChI=1S/C20H32N4O2S/c1-15-6-7-17(14-16(15)2)27(25,26)24-12-8-20(9-13-24)18(21-10-11-22-20)23-19(3,4)5/h6-7,14,22H,8-13H2,1-5H3,(H,21,23). The monoisotopic (exact) mass is 392 g/mol. The van der Waals surface area contributed by atoms with Gasteiger partial charge >= 0.3 is 0 Å². The molecule has 1 saturated heterocycles. The third-order valence-electron chi connectivity index (χ3n) is 5.48. The van der Waals surface area contributed by atoms with Crippen molar-refractivity contribution in [1.29, 1.82) is 0 Å². The topological polar surface area (TPSA) is 73.8 Å². The Labute approximate surface area is 163 Å². The molecule has 27 heavy (non-hydrogen) atoms. The molecule has 2 N–H and O–H groups in total. The summed E-state index contributed by atoms with van der Waals surface area (Å²) in [5, 5.41) is 7.16. The molecule has 0 bridgehead atoms. The van der Waals surface area contributed by atoms with Gasteiger partial charge in [0.05, 0.1) is 17.0 Å². The van der Waals surface area contributed by atoms with Crippen LogP contribution in [0.25, 0.3) is 0 Å². The molecule has 3 rings (SSSR count). The summed E-state index contributed by atoms with van der Waals surface area (Å²) in [6.45, 7) is 12.9. The van der Waals surface area contributed by atoms with Crippen LogP contribution >= 0.6 is 0 Å². The van der Waals surface area contributed by atoms with Crippen LogP contribution < -0.4 is 10.6 Å². The molecule has 0 saturated carbocycles. The lowest BCUT2D eigenvalue weighted by Crippen LogP contribution is -2.66. The van der Waals surface area contributed by atoms with Crippen molar-refractivity contribution < 1.29 is 8.42 Å². The van der Waals surface area contributed by atoms with E-state index >= 15 is 0 Å². The second kappa shape index (κ2) is 7.18. The van der Waals surface area contributed by atoms with Crippen molar-refractivity contribution in [2.24, 2.45) is 4.99 Å².